The average Bonchev–Trinajstić information content (AvgIpc) is 3.48. The molecule has 7 heteroatoms. The highest BCUT2D eigenvalue weighted by atomic mass is 16.6. The van der Waals surface area contributed by atoms with E-state index >= 15 is 0 Å². The Bertz CT molecular complexity index is 2210. The predicted octanol–water partition coefficient (Wildman–Crippen LogP) is 10.3. The maximum Gasteiger partial charge on any atom is 0.415 e. The lowest BCUT2D eigenvalue weighted by atomic mass is 9.64. The van der Waals surface area contributed by atoms with E-state index in [4.69, 9.17) is 9.47 Å². The third kappa shape index (κ3) is 8.91. The van der Waals surface area contributed by atoms with E-state index in [1.165, 1.54) is 5.57 Å². The van der Waals surface area contributed by atoms with E-state index in [0.717, 1.165) is 39.4 Å². The predicted molar refractivity (Wildman–Crippen MR) is 227 cm³/mol. The number of aliphatic hydroxyl groups excluding tert-OH is 1. The number of carbonyl (C=O) groups excluding carboxylic acids is 2. The second kappa shape index (κ2) is 17.6. The minimum atomic E-state index is -1.29. The van der Waals surface area contributed by atoms with Crippen molar-refractivity contribution in [1.29, 1.82) is 0 Å². The van der Waals surface area contributed by atoms with Crippen molar-refractivity contribution in [3.63, 3.8) is 0 Å². The van der Waals surface area contributed by atoms with Gasteiger partial charge in [0.15, 0.2) is 5.78 Å². The molecule has 0 aliphatic heterocycles. The van der Waals surface area contributed by atoms with Gasteiger partial charge in [-0.3, -0.25) is 4.79 Å². The van der Waals surface area contributed by atoms with Crippen LogP contribution in [0, 0.1) is 5.41 Å². The molecule has 8 rings (SSSR count). The first kappa shape index (κ1) is 40.1. The van der Waals surface area contributed by atoms with Crippen molar-refractivity contribution < 1.29 is 29.3 Å². The maximum absolute atomic E-state index is 14.7. The Morgan fingerprint density at radius 2 is 1.58 bits per heavy atom. The van der Waals surface area contributed by atoms with Crippen LogP contribution in [-0.4, -0.2) is 65.5 Å². The normalized spacial score (nSPS) is 22.4. The van der Waals surface area contributed by atoms with E-state index in [0.29, 0.717) is 75.0 Å². The number of ketones is 1. The first-order valence-electron chi connectivity index (χ1n) is 20.4. The molecule has 1 amide bonds. The van der Waals surface area contributed by atoms with E-state index in [1.54, 1.807) is 18.1 Å². The van der Waals surface area contributed by atoms with Crippen molar-refractivity contribution >= 4 is 22.6 Å². The summed E-state index contributed by atoms with van der Waals surface area (Å²) in [6.45, 7) is 5.13. The third-order valence-corrected chi connectivity index (χ3v) is 12.6. The van der Waals surface area contributed by atoms with Gasteiger partial charge in [-0.2, -0.15) is 0 Å². The molecule has 4 unspecified atom stereocenters. The number of allylic oxidation sites excluding steroid dienone is 2. The highest BCUT2D eigenvalue weighted by Crippen LogP contribution is 2.59. The molecule has 4 atom stereocenters. The van der Waals surface area contributed by atoms with Crippen molar-refractivity contribution in [2.24, 2.45) is 5.41 Å². The number of hydrogen-bond acceptors (Lipinski definition) is 6. The number of nitrogens with zero attached hydrogens (tertiary/aromatic N) is 1. The molecule has 2 bridgehead atoms. The second-order valence-electron chi connectivity index (χ2n) is 16.4. The molecular formula is C50H55NO6. The van der Waals surface area contributed by atoms with E-state index < -0.39 is 23.2 Å². The number of carbonyl (C=O) groups is 2. The molecular weight excluding hydrogens is 711 g/mol. The monoisotopic (exact) mass is 765 g/mol. The first-order chi connectivity index (χ1) is 27.6. The molecule has 3 aliphatic carbocycles. The van der Waals surface area contributed by atoms with Gasteiger partial charge in [-0.05, 0) is 115 Å². The number of benzene rings is 5. The molecule has 2 N–H and O–H groups in total. The van der Waals surface area contributed by atoms with Crippen LogP contribution in [-0.2, 0) is 11.2 Å². The molecule has 5 aromatic carbocycles. The van der Waals surface area contributed by atoms with Gasteiger partial charge < -0.3 is 24.6 Å². The number of amides is 1. The molecule has 0 saturated heterocycles. The average molecular weight is 766 g/mol. The summed E-state index contributed by atoms with van der Waals surface area (Å²) in [5, 5.41) is 26.1. The quantitative estimate of drug-likeness (QED) is 0.0835. The Hall–Kier alpha value is -5.08. The van der Waals surface area contributed by atoms with Gasteiger partial charge in [0.25, 0.3) is 0 Å². The van der Waals surface area contributed by atoms with Crippen molar-refractivity contribution in [3.8, 4) is 16.9 Å². The van der Waals surface area contributed by atoms with Crippen molar-refractivity contribution in [2.45, 2.75) is 82.8 Å². The number of methoxy groups -OCH3 is 1. The van der Waals surface area contributed by atoms with Crippen LogP contribution in [0.2, 0.25) is 0 Å². The molecule has 296 valence electrons. The summed E-state index contributed by atoms with van der Waals surface area (Å²) >= 11 is 0. The fraction of sp³-hybridized carbons (Fsp3) is 0.360. The summed E-state index contributed by atoms with van der Waals surface area (Å²) in [6, 6.07) is 37.5. The second-order valence-corrected chi connectivity index (χ2v) is 16.4. The zero-order chi connectivity index (χ0) is 40.0. The van der Waals surface area contributed by atoms with Gasteiger partial charge >= 0.3 is 6.09 Å². The zero-order valence-electron chi connectivity index (χ0n) is 33.5. The van der Waals surface area contributed by atoms with Crippen LogP contribution >= 0.6 is 0 Å². The molecule has 0 radical (unpaired) electrons. The van der Waals surface area contributed by atoms with Crippen molar-refractivity contribution in [1.82, 2.24) is 4.90 Å². The van der Waals surface area contributed by atoms with Crippen LogP contribution in [0.4, 0.5) is 4.79 Å². The Morgan fingerprint density at radius 1 is 0.842 bits per heavy atom. The number of aliphatic hydroxyl groups is 2. The standard InChI is InChI=1S/C50H55NO6/c1-35-11-9-27-49(2)46(26-28-50(49,55)34-51(29-10-30-56-3)48(54)57-43-24-22-38-14-7-8-15-41(38)33-43)44-25-17-36(31-42(52)23-16-35)32-45(44)47(53)40-20-18-39(19-21-40)37-12-5-4-6-13-37/h4-8,11-15,17-22,24-25,32-33,42,46,52,55H,9-10,16,23,26-31,34H2,1-3H3. The van der Waals surface area contributed by atoms with Crippen LogP contribution in [0.15, 0.2) is 127 Å². The minimum absolute atomic E-state index is 0.0767. The molecule has 3 aliphatic rings. The highest BCUT2D eigenvalue weighted by Gasteiger charge is 2.57. The van der Waals surface area contributed by atoms with Gasteiger partial charge in [-0.1, -0.05) is 116 Å². The molecule has 1 fully saturated rings. The van der Waals surface area contributed by atoms with Gasteiger partial charge in [0.2, 0.25) is 0 Å². The number of fused-ring (bicyclic) bond motifs is 9. The van der Waals surface area contributed by atoms with Gasteiger partial charge in [0.1, 0.15) is 5.75 Å². The fourth-order valence-corrected chi connectivity index (χ4v) is 9.14. The highest BCUT2D eigenvalue weighted by molar-refractivity contribution is 6.10. The third-order valence-electron chi connectivity index (χ3n) is 12.6. The van der Waals surface area contributed by atoms with Gasteiger partial charge in [-0.15, -0.1) is 0 Å². The van der Waals surface area contributed by atoms with E-state index in [2.05, 4.69) is 38.1 Å². The van der Waals surface area contributed by atoms with Crippen LogP contribution in [0.3, 0.4) is 0 Å². The van der Waals surface area contributed by atoms with E-state index in [-0.39, 0.29) is 18.2 Å². The van der Waals surface area contributed by atoms with Crippen LogP contribution in [0.1, 0.15) is 91.8 Å². The smallest absolute Gasteiger partial charge is 0.410 e. The molecule has 57 heavy (non-hydrogen) atoms. The van der Waals surface area contributed by atoms with E-state index in [9.17, 15) is 19.8 Å². The first-order valence-corrected chi connectivity index (χ1v) is 20.4. The zero-order valence-corrected chi connectivity index (χ0v) is 33.5. The number of hydrogen-bond donors (Lipinski definition) is 2. The summed E-state index contributed by atoms with van der Waals surface area (Å²) < 4.78 is 11.4. The van der Waals surface area contributed by atoms with Crippen LogP contribution in [0.5, 0.6) is 5.75 Å². The maximum atomic E-state index is 14.7. The molecule has 0 aromatic heterocycles. The SMILES string of the molecule is COCCCN(CC1(O)CCC2c3ccc(cc3C(=O)c3ccc(-c4ccccc4)cc3)CC(O)CCC(C)=CCCC21C)C(=O)Oc1ccc2ccccc2c1. The minimum Gasteiger partial charge on any atom is -0.410 e. The van der Waals surface area contributed by atoms with Crippen LogP contribution in [0.25, 0.3) is 21.9 Å². The summed E-state index contributed by atoms with van der Waals surface area (Å²) in [4.78, 5) is 30.4. The van der Waals surface area contributed by atoms with Crippen LogP contribution < -0.4 is 4.74 Å². The Labute approximate surface area is 337 Å². The van der Waals surface area contributed by atoms with Crippen molar-refractivity contribution in [2.75, 3.05) is 26.8 Å². The molecule has 5 aromatic rings. The lowest BCUT2D eigenvalue weighted by Crippen LogP contribution is -2.54. The fourth-order valence-electron chi connectivity index (χ4n) is 9.14. The lowest BCUT2D eigenvalue weighted by molar-refractivity contribution is -0.0795. The summed E-state index contributed by atoms with van der Waals surface area (Å²) in [5.41, 5.74) is 4.30. The summed E-state index contributed by atoms with van der Waals surface area (Å²) in [6.07, 6.45) is 6.02. The molecule has 0 heterocycles. The number of ether oxygens (including phenoxy) is 2. The molecule has 0 spiro atoms. The van der Waals surface area contributed by atoms with Gasteiger partial charge in [-0.25, -0.2) is 4.79 Å². The van der Waals surface area contributed by atoms with Crippen molar-refractivity contribution in [3.05, 3.63) is 149 Å². The molecule has 1 saturated carbocycles. The Kier molecular flexibility index (Phi) is 12.4. The number of rotatable bonds is 10. The summed E-state index contributed by atoms with van der Waals surface area (Å²) in [7, 11) is 1.64. The van der Waals surface area contributed by atoms with Gasteiger partial charge in [0.05, 0.1) is 18.2 Å². The van der Waals surface area contributed by atoms with Gasteiger partial charge in [0, 0.05) is 36.8 Å². The Balaban J connectivity index is 1.24. The van der Waals surface area contributed by atoms with E-state index in [1.807, 2.05) is 91.0 Å². The summed E-state index contributed by atoms with van der Waals surface area (Å²) in [5.74, 6) is 0.182. The molecule has 7 nitrogen and oxygen atoms in total. The lowest BCUT2D eigenvalue weighted by Gasteiger charge is -2.46. The largest absolute Gasteiger partial charge is 0.415 e. The Morgan fingerprint density at radius 3 is 2.35 bits per heavy atom. The topological polar surface area (TPSA) is 96.3 Å².